The Morgan fingerprint density at radius 1 is 1.14 bits per heavy atom. The fourth-order valence-electron chi connectivity index (χ4n) is 3.27. The van der Waals surface area contributed by atoms with Gasteiger partial charge in [-0.05, 0) is 49.6 Å². The van der Waals surface area contributed by atoms with E-state index in [1.807, 2.05) is 30.3 Å². The van der Waals surface area contributed by atoms with Crippen LogP contribution in [0.2, 0.25) is 0 Å². The van der Waals surface area contributed by atoms with Crippen LogP contribution in [-0.2, 0) is 20.7 Å². The second-order valence-electron chi connectivity index (χ2n) is 6.53. The van der Waals surface area contributed by atoms with Gasteiger partial charge in [-0.3, -0.25) is 4.79 Å². The van der Waals surface area contributed by atoms with Gasteiger partial charge in [0.2, 0.25) is 0 Å². The molecule has 0 unspecified atom stereocenters. The van der Waals surface area contributed by atoms with Gasteiger partial charge in [0.15, 0.2) is 0 Å². The Morgan fingerprint density at radius 3 is 2.57 bits per heavy atom. The van der Waals surface area contributed by atoms with Gasteiger partial charge >= 0.3 is 5.97 Å². The highest BCUT2D eigenvalue weighted by Crippen LogP contribution is 2.32. The minimum absolute atomic E-state index is 0.0964. The average Bonchev–Trinajstić information content (AvgIpc) is 2.91. The van der Waals surface area contributed by atoms with E-state index in [9.17, 15) is 14.7 Å². The number of phenols is 1. The highest BCUT2D eigenvalue weighted by Gasteiger charge is 2.36. The molecule has 0 saturated heterocycles. The molecule has 144 valence electrons. The van der Waals surface area contributed by atoms with Crippen LogP contribution in [0, 0.1) is 0 Å². The molecule has 0 atom stereocenters. The number of phenolic OH excluding ortho intramolecular Hbond substituents is 1. The molecule has 0 fully saturated rings. The van der Waals surface area contributed by atoms with Crippen molar-refractivity contribution in [2.24, 2.45) is 0 Å². The van der Waals surface area contributed by atoms with E-state index in [1.165, 1.54) is 0 Å². The third-order valence-electron chi connectivity index (χ3n) is 4.64. The minimum atomic E-state index is -0.512. The van der Waals surface area contributed by atoms with Crippen LogP contribution in [-0.4, -0.2) is 35.0 Å². The van der Waals surface area contributed by atoms with Gasteiger partial charge in [0.25, 0.3) is 5.91 Å². The third-order valence-corrected chi connectivity index (χ3v) is 4.64. The first-order valence-corrected chi connectivity index (χ1v) is 9.26. The van der Waals surface area contributed by atoms with Crippen LogP contribution < -0.4 is 0 Å². The van der Waals surface area contributed by atoms with E-state index in [0.717, 1.165) is 5.56 Å². The van der Waals surface area contributed by atoms with Gasteiger partial charge in [0, 0.05) is 12.2 Å². The summed E-state index contributed by atoms with van der Waals surface area (Å²) >= 11 is 0. The quantitative estimate of drug-likeness (QED) is 0.616. The number of aromatic hydroxyl groups is 1. The van der Waals surface area contributed by atoms with E-state index in [-0.39, 0.29) is 29.4 Å². The number of esters is 1. The molecule has 3 rings (SSSR count). The van der Waals surface area contributed by atoms with Crippen molar-refractivity contribution in [2.75, 3.05) is 13.2 Å². The Kier molecular flexibility index (Phi) is 5.94. The van der Waals surface area contributed by atoms with E-state index in [1.54, 1.807) is 49.1 Å². The molecule has 0 aliphatic carbocycles. The molecule has 28 heavy (non-hydrogen) atoms. The summed E-state index contributed by atoms with van der Waals surface area (Å²) in [5.74, 6) is -0.652. The Labute approximate surface area is 164 Å². The molecule has 5 heteroatoms. The van der Waals surface area contributed by atoms with E-state index < -0.39 is 5.97 Å². The van der Waals surface area contributed by atoms with Gasteiger partial charge in [-0.15, -0.1) is 0 Å². The molecule has 1 heterocycles. The molecule has 2 aromatic rings. The van der Waals surface area contributed by atoms with Crippen molar-refractivity contribution >= 4 is 18.0 Å². The molecular weight excluding hydrogens is 354 g/mol. The van der Waals surface area contributed by atoms with Gasteiger partial charge in [0.05, 0.1) is 17.8 Å². The molecular formula is C23H23NO4. The van der Waals surface area contributed by atoms with Crippen LogP contribution in [0.4, 0.5) is 0 Å². The third kappa shape index (κ3) is 4.14. The number of hydrogen-bond acceptors (Lipinski definition) is 4. The smallest absolute Gasteiger partial charge is 0.340 e. The maximum Gasteiger partial charge on any atom is 0.340 e. The Bertz CT molecular complexity index is 944. The summed E-state index contributed by atoms with van der Waals surface area (Å²) in [4.78, 5) is 27.2. The zero-order valence-corrected chi connectivity index (χ0v) is 16.0. The molecule has 2 aromatic carbocycles. The number of rotatable bonds is 6. The molecule has 5 nitrogen and oxygen atoms in total. The Balaban J connectivity index is 1.94. The first-order valence-electron chi connectivity index (χ1n) is 9.26. The second kappa shape index (κ2) is 8.57. The summed E-state index contributed by atoms with van der Waals surface area (Å²) in [6.07, 6.45) is 2.31. The monoisotopic (exact) mass is 377 g/mol. The van der Waals surface area contributed by atoms with Gasteiger partial charge in [0.1, 0.15) is 5.75 Å². The highest BCUT2D eigenvalue weighted by molar-refractivity contribution is 6.16. The SMILES string of the molecule is CCOC(=O)C1=C(C)N(CCc2ccccc2)C(=O)/C1=C\c1cccc(O)c1. The summed E-state index contributed by atoms with van der Waals surface area (Å²) in [6, 6.07) is 16.4. The lowest BCUT2D eigenvalue weighted by molar-refractivity contribution is -0.138. The summed E-state index contributed by atoms with van der Waals surface area (Å²) in [5.41, 5.74) is 2.91. The summed E-state index contributed by atoms with van der Waals surface area (Å²) in [7, 11) is 0. The normalized spacial score (nSPS) is 15.4. The molecule has 1 amide bonds. The van der Waals surface area contributed by atoms with E-state index in [0.29, 0.717) is 24.2 Å². The van der Waals surface area contributed by atoms with Crippen molar-refractivity contribution in [1.29, 1.82) is 0 Å². The predicted octanol–water partition coefficient (Wildman–Crippen LogP) is 3.70. The summed E-state index contributed by atoms with van der Waals surface area (Å²) in [5, 5.41) is 9.70. The number of amides is 1. The number of carbonyl (C=O) groups excluding carboxylic acids is 2. The van der Waals surface area contributed by atoms with Crippen molar-refractivity contribution in [3.63, 3.8) is 0 Å². The number of hydrogen-bond donors (Lipinski definition) is 1. The predicted molar refractivity (Wildman–Crippen MR) is 107 cm³/mol. The molecule has 1 N–H and O–H groups in total. The maximum absolute atomic E-state index is 13.1. The maximum atomic E-state index is 13.1. The highest BCUT2D eigenvalue weighted by atomic mass is 16.5. The lowest BCUT2D eigenvalue weighted by Crippen LogP contribution is -2.27. The lowest BCUT2D eigenvalue weighted by Gasteiger charge is -2.17. The van der Waals surface area contributed by atoms with Crippen molar-refractivity contribution in [1.82, 2.24) is 4.90 Å². The van der Waals surface area contributed by atoms with Crippen molar-refractivity contribution in [3.8, 4) is 5.75 Å². The van der Waals surface area contributed by atoms with Crippen LogP contribution in [0.1, 0.15) is 25.0 Å². The molecule has 0 spiro atoms. The van der Waals surface area contributed by atoms with Crippen LogP contribution in [0.25, 0.3) is 6.08 Å². The number of benzene rings is 2. The van der Waals surface area contributed by atoms with Crippen molar-refractivity contribution < 1.29 is 19.4 Å². The minimum Gasteiger partial charge on any atom is -0.508 e. The average molecular weight is 377 g/mol. The number of carbonyl (C=O) groups is 2. The number of ether oxygens (including phenoxy) is 1. The lowest BCUT2D eigenvalue weighted by atomic mass is 10.0. The number of allylic oxidation sites excluding steroid dienone is 1. The first kappa shape index (κ1) is 19.4. The largest absolute Gasteiger partial charge is 0.508 e. The topological polar surface area (TPSA) is 66.8 Å². The van der Waals surface area contributed by atoms with Gasteiger partial charge in [-0.1, -0.05) is 42.5 Å². The Hall–Kier alpha value is -3.34. The molecule has 0 bridgehead atoms. The number of nitrogens with zero attached hydrogens (tertiary/aromatic N) is 1. The standard InChI is InChI=1S/C23H23NO4/c1-3-28-23(27)21-16(2)24(13-12-17-8-5-4-6-9-17)22(26)20(21)15-18-10-7-11-19(25)14-18/h4-11,14-15,25H,3,12-13H2,1-2H3/b20-15-. The second-order valence-corrected chi connectivity index (χ2v) is 6.53. The fraction of sp³-hybridized carbons (Fsp3) is 0.217. The Morgan fingerprint density at radius 2 is 1.89 bits per heavy atom. The first-order chi connectivity index (χ1) is 13.5. The van der Waals surface area contributed by atoms with Gasteiger partial charge in [-0.25, -0.2) is 4.79 Å². The van der Waals surface area contributed by atoms with Crippen molar-refractivity contribution in [2.45, 2.75) is 20.3 Å². The van der Waals surface area contributed by atoms with Gasteiger partial charge < -0.3 is 14.7 Å². The molecule has 0 aromatic heterocycles. The fourth-order valence-corrected chi connectivity index (χ4v) is 3.27. The van der Waals surface area contributed by atoms with E-state index >= 15 is 0 Å². The van der Waals surface area contributed by atoms with Crippen LogP contribution in [0.5, 0.6) is 5.75 Å². The van der Waals surface area contributed by atoms with Crippen LogP contribution >= 0.6 is 0 Å². The molecule has 0 saturated carbocycles. The molecule has 0 radical (unpaired) electrons. The molecule has 1 aliphatic rings. The van der Waals surface area contributed by atoms with Crippen LogP contribution in [0.3, 0.4) is 0 Å². The zero-order chi connectivity index (χ0) is 20.1. The summed E-state index contributed by atoms with van der Waals surface area (Å²) < 4.78 is 5.18. The van der Waals surface area contributed by atoms with Crippen molar-refractivity contribution in [3.05, 3.63) is 82.6 Å². The summed E-state index contributed by atoms with van der Waals surface area (Å²) in [6.45, 7) is 4.19. The van der Waals surface area contributed by atoms with Gasteiger partial charge in [-0.2, -0.15) is 0 Å². The van der Waals surface area contributed by atoms with E-state index in [2.05, 4.69) is 0 Å². The van der Waals surface area contributed by atoms with E-state index in [4.69, 9.17) is 4.74 Å². The molecule has 1 aliphatic heterocycles. The van der Waals surface area contributed by atoms with Crippen LogP contribution in [0.15, 0.2) is 71.4 Å². The zero-order valence-electron chi connectivity index (χ0n) is 16.0.